The van der Waals surface area contributed by atoms with Crippen LogP contribution >= 0.6 is 23.7 Å². The molecular formula is C19H17ClN2O2S. The molecule has 2 heterocycles. The second-order valence-electron chi connectivity index (χ2n) is 5.86. The van der Waals surface area contributed by atoms with Gasteiger partial charge in [0.2, 0.25) is 0 Å². The first kappa shape index (κ1) is 17.5. The topological polar surface area (TPSA) is 79.1 Å². The van der Waals surface area contributed by atoms with Crippen molar-refractivity contribution in [3.8, 4) is 16.9 Å². The number of phenolic OH excluding ortho intramolecular Hbond substituents is 1. The Morgan fingerprint density at radius 2 is 1.92 bits per heavy atom. The maximum absolute atomic E-state index is 12.3. The van der Waals surface area contributed by atoms with Crippen LogP contribution in [0.1, 0.15) is 11.1 Å². The number of phenols is 1. The van der Waals surface area contributed by atoms with Crippen LogP contribution in [-0.2, 0) is 6.54 Å². The Morgan fingerprint density at radius 3 is 2.60 bits per heavy atom. The quantitative estimate of drug-likeness (QED) is 0.490. The molecule has 2 aromatic carbocycles. The molecule has 6 heteroatoms. The fourth-order valence-corrected chi connectivity index (χ4v) is 3.98. The van der Waals surface area contributed by atoms with Gasteiger partial charge in [-0.3, -0.25) is 4.79 Å². The summed E-state index contributed by atoms with van der Waals surface area (Å²) in [6, 6.07) is 11.5. The first-order chi connectivity index (χ1) is 11.6. The summed E-state index contributed by atoms with van der Waals surface area (Å²) in [6.07, 6.45) is 0. The van der Waals surface area contributed by atoms with Crippen molar-refractivity contribution in [3.05, 3.63) is 63.3 Å². The van der Waals surface area contributed by atoms with Gasteiger partial charge in [0.05, 0.1) is 5.52 Å². The van der Waals surface area contributed by atoms with Gasteiger partial charge >= 0.3 is 0 Å². The fraction of sp³-hybridized carbons (Fsp3) is 0.105. The number of aryl methyl sites for hydroxylation is 1. The number of nitrogens with two attached hydrogens (primary N) is 1. The SMILES string of the molecule is Cc1cc(O)c(-c2ccc(CN)cc2)c2c1[nH]c(=O)c1sccc12.Cl. The molecular weight excluding hydrogens is 356 g/mol. The van der Waals surface area contributed by atoms with Crippen LogP contribution in [0.5, 0.6) is 5.75 Å². The summed E-state index contributed by atoms with van der Waals surface area (Å²) in [5, 5.41) is 14.3. The van der Waals surface area contributed by atoms with Crippen molar-refractivity contribution in [3.63, 3.8) is 0 Å². The molecule has 0 saturated heterocycles. The lowest BCUT2D eigenvalue weighted by molar-refractivity contribution is 0.477. The highest BCUT2D eigenvalue weighted by molar-refractivity contribution is 7.17. The standard InChI is InChI=1S/C19H16N2O2S.ClH/c1-10-8-14(22)15(12-4-2-11(9-20)3-5-12)16-13-6-7-24-18(13)19(23)21-17(10)16;/h2-8,22H,9,20H2,1H3,(H,21,23);1H. The molecule has 0 atom stereocenters. The number of hydrogen-bond acceptors (Lipinski definition) is 4. The number of H-pyrrole nitrogens is 1. The van der Waals surface area contributed by atoms with Crippen LogP contribution in [0.4, 0.5) is 0 Å². The number of nitrogens with one attached hydrogen (secondary N) is 1. The van der Waals surface area contributed by atoms with Crippen molar-refractivity contribution in [2.45, 2.75) is 13.5 Å². The molecule has 4 nitrogen and oxygen atoms in total. The molecule has 0 unspecified atom stereocenters. The van der Waals surface area contributed by atoms with E-state index in [0.717, 1.165) is 38.5 Å². The fourth-order valence-electron chi connectivity index (χ4n) is 3.18. The van der Waals surface area contributed by atoms with Gasteiger partial charge in [0.25, 0.3) is 5.56 Å². The smallest absolute Gasteiger partial charge is 0.266 e. The molecule has 0 aliphatic carbocycles. The van der Waals surface area contributed by atoms with Gasteiger partial charge in [-0.05, 0) is 41.1 Å². The molecule has 128 valence electrons. The van der Waals surface area contributed by atoms with Gasteiger partial charge in [0.1, 0.15) is 10.4 Å². The number of pyridine rings is 1. The van der Waals surface area contributed by atoms with E-state index in [4.69, 9.17) is 5.73 Å². The number of halogens is 1. The van der Waals surface area contributed by atoms with Crippen LogP contribution in [0.3, 0.4) is 0 Å². The van der Waals surface area contributed by atoms with Gasteiger partial charge in [-0.15, -0.1) is 23.7 Å². The lowest BCUT2D eigenvalue weighted by Crippen LogP contribution is -2.05. The van der Waals surface area contributed by atoms with E-state index in [1.807, 2.05) is 42.6 Å². The molecule has 2 aromatic heterocycles. The molecule has 4 rings (SSSR count). The summed E-state index contributed by atoms with van der Waals surface area (Å²) in [7, 11) is 0. The Labute approximate surface area is 154 Å². The maximum Gasteiger partial charge on any atom is 0.266 e. The third-order valence-corrected chi connectivity index (χ3v) is 5.27. The van der Waals surface area contributed by atoms with Crippen molar-refractivity contribution in [2.24, 2.45) is 5.73 Å². The van der Waals surface area contributed by atoms with E-state index in [1.165, 1.54) is 11.3 Å². The van der Waals surface area contributed by atoms with E-state index >= 15 is 0 Å². The van der Waals surface area contributed by atoms with E-state index in [0.29, 0.717) is 11.2 Å². The van der Waals surface area contributed by atoms with Gasteiger partial charge in [-0.25, -0.2) is 0 Å². The molecule has 0 bridgehead atoms. The molecule has 0 fully saturated rings. The van der Waals surface area contributed by atoms with Gasteiger partial charge in [0.15, 0.2) is 0 Å². The highest BCUT2D eigenvalue weighted by atomic mass is 35.5. The first-order valence-corrected chi connectivity index (χ1v) is 8.53. The lowest BCUT2D eigenvalue weighted by atomic mass is 9.94. The lowest BCUT2D eigenvalue weighted by Gasteiger charge is -2.13. The normalized spacial score (nSPS) is 11.0. The number of aromatic amines is 1. The summed E-state index contributed by atoms with van der Waals surface area (Å²) < 4.78 is 0.673. The van der Waals surface area contributed by atoms with Crippen molar-refractivity contribution >= 4 is 44.7 Å². The molecule has 0 amide bonds. The number of aromatic nitrogens is 1. The third kappa shape index (κ3) is 2.70. The summed E-state index contributed by atoms with van der Waals surface area (Å²) >= 11 is 1.41. The molecule has 0 aliphatic rings. The second kappa shape index (κ2) is 6.52. The Bertz CT molecular complexity index is 1130. The average Bonchev–Trinajstić information content (AvgIpc) is 3.07. The van der Waals surface area contributed by atoms with E-state index < -0.39 is 0 Å². The van der Waals surface area contributed by atoms with Gasteiger partial charge in [-0.2, -0.15) is 0 Å². The number of rotatable bonds is 2. The number of benzene rings is 2. The third-order valence-electron chi connectivity index (χ3n) is 4.36. The van der Waals surface area contributed by atoms with Crippen molar-refractivity contribution in [1.29, 1.82) is 0 Å². The Morgan fingerprint density at radius 1 is 1.20 bits per heavy atom. The highest BCUT2D eigenvalue weighted by Crippen LogP contribution is 2.41. The Kier molecular flexibility index (Phi) is 4.56. The van der Waals surface area contributed by atoms with E-state index in [-0.39, 0.29) is 23.7 Å². The van der Waals surface area contributed by atoms with E-state index in [2.05, 4.69) is 4.98 Å². The molecule has 4 N–H and O–H groups in total. The maximum atomic E-state index is 12.3. The van der Waals surface area contributed by atoms with Crippen molar-refractivity contribution in [1.82, 2.24) is 4.98 Å². The minimum atomic E-state index is -0.0919. The summed E-state index contributed by atoms with van der Waals surface area (Å²) in [4.78, 5) is 15.3. The summed E-state index contributed by atoms with van der Waals surface area (Å²) in [6.45, 7) is 2.36. The summed E-state index contributed by atoms with van der Waals surface area (Å²) in [5.74, 6) is 0.208. The van der Waals surface area contributed by atoms with Crippen molar-refractivity contribution in [2.75, 3.05) is 0 Å². The predicted molar refractivity (Wildman–Crippen MR) is 107 cm³/mol. The van der Waals surface area contributed by atoms with Crippen LogP contribution in [0.15, 0.2) is 46.6 Å². The zero-order valence-corrected chi connectivity index (χ0v) is 15.1. The average molecular weight is 373 g/mol. The van der Waals surface area contributed by atoms with Gasteiger partial charge in [0, 0.05) is 22.9 Å². The minimum absolute atomic E-state index is 0. The zero-order valence-electron chi connectivity index (χ0n) is 13.5. The first-order valence-electron chi connectivity index (χ1n) is 7.65. The van der Waals surface area contributed by atoms with Crippen LogP contribution in [-0.4, -0.2) is 10.1 Å². The second-order valence-corrected chi connectivity index (χ2v) is 6.77. The minimum Gasteiger partial charge on any atom is -0.507 e. The predicted octanol–water partition coefficient (Wildman–Crippen LogP) is 4.30. The molecule has 0 aliphatic heterocycles. The van der Waals surface area contributed by atoms with Gasteiger partial charge in [-0.1, -0.05) is 24.3 Å². The molecule has 4 aromatic rings. The van der Waals surface area contributed by atoms with Crippen LogP contribution in [0, 0.1) is 6.92 Å². The van der Waals surface area contributed by atoms with E-state index in [1.54, 1.807) is 6.07 Å². The van der Waals surface area contributed by atoms with E-state index in [9.17, 15) is 9.90 Å². The molecule has 0 radical (unpaired) electrons. The largest absolute Gasteiger partial charge is 0.507 e. The van der Waals surface area contributed by atoms with Crippen molar-refractivity contribution < 1.29 is 5.11 Å². The summed E-state index contributed by atoms with van der Waals surface area (Å²) in [5.41, 5.74) is 9.85. The molecule has 25 heavy (non-hydrogen) atoms. The number of aromatic hydroxyl groups is 1. The zero-order chi connectivity index (χ0) is 16.8. The van der Waals surface area contributed by atoms with Crippen LogP contribution < -0.4 is 11.3 Å². The number of hydrogen-bond donors (Lipinski definition) is 3. The van der Waals surface area contributed by atoms with Crippen LogP contribution in [0.25, 0.3) is 32.1 Å². The number of fused-ring (bicyclic) bond motifs is 3. The number of thiophene rings is 1. The molecule has 0 spiro atoms. The highest BCUT2D eigenvalue weighted by Gasteiger charge is 2.17. The Balaban J connectivity index is 0.00000182. The molecule has 0 saturated carbocycles. The Hall–Kier alpha value is -2.34. The van der Waals surface area contributed by atoms with Gasteiger partial charge < -0.3 is 15.8 Å². The van der Waals surface area contributed by atoms with Crippen LogP contribution in [0.2, 0.25) is 0 Å². The monoisotopic (exact) mass is 372 g/mol.